The molecule has 1 amide bonds. The Kier molecular flexibility index (Phi) is 6.73. The van der Waals surface area contributed by atoms with Crippen LogP contribution in [0.15, 0.2) is 0 Å². The van der Waals surface area contributed by atoms with Gasteiger partial charge < -0.3 is 14.8 Å². The highest BCUT2D eigenvalue weighted by Gasteiger charge is 2.23. The molecule has 0 aliphatic heterocycles. The highest BCUT2D eigenvalue weighted by molar-refractivity contribution is 5.68. The maximum absolute atomic E-state index is 11.7. The van der Waals surface area contributed by atoms with E-state index >= 15 is 0 Å². The Morgan fingerprint density at radius 3 is 2.22 bits per heavy atom. The summed E-state index contributed by atoms with van der Waals surface area (Å²) in [5, 5.41) is 2.74. The molecule has 0 saturated heterocycles. The van der Waals surface area contributed by atoms with Crippen molar-refractivity contribution in [1.29, 1.82) is 0 Å². The van der Waals surface area contributed by atoms with Gasteiger partial charge in [-0.1, -0.05) is 20.3 Å². The zero-order valence-corrected chi connectivity index (χ0v) is 12.2. The Bertz CT molecular complexity index is 283. The van der Waals surface area contributed by atoms with Gasteiger partial charge in [0.1, 0.15) is 12.2 Å². The van der Waals surface area contributed by atoms with Gasteiger partial charge in [-0.05, 0) is 26.7 Å². The zero-order chi connectivity index (χ0) is 14.3. The van der Waals surface area contributed by atoms with Crippen molar-refractivity contribution in [2.24, 2.45) is 5.92 Å². The number of carbonyl (C=O) groups excluding carboxylic acids is 2. The van der Waals surface area contributed by atoms with Crippen LogP contribution in [0.2, 0.25) is 0 Å². The number of nitrogens with one attached hydrogen (secondary N) is 1. The van der Waals surface area contributed by atoms with E-state index in [1.54, 1.807) is 20.8 Å². The molecule has 0 aromatic heterocycles. The first-order valence-electron chi connectivity index (χ1n) is 6.28. The first-order valence-corrected chi connectivity index (χ1v) is 6.28. The fourth-order valence-electron chi connectivity index (χ4n) is 1.30. The zero-order valence-electron chi connectivity index (χ0n) is 12.2. The van der Waals surface area contributed by atoms with E-state index in [0.29, 0.717) is 0 Å². The lowest BCUT2D eigenvalue weighted by molar-refractivity contribution is -0.142. The van der Waals surface area contributed by atoms with Crippen LogP contribution in [0.4, 0.5) is 4.79 Å². The van der Waals surface area contributed by atoms with Crippen LogP contribution in [0.3, 0.4) is 0 Å². The van der Waals surface area contributed by atoms with Gasteiger partial charge in [-0.2, -0.15) is 0 Å². The predicted molar refractivity (Wildman–Crippen MR) is 69.2 cm³/mol. The van der Waals surface area contributed by atoms with E-state index in [4.69, 9.17) is 9.47 Å². The normalized spacial score (nSPS) is 14.6. The molecule has 0 spiro atoms. The summed E-state index contributed by atoms with van der Waals surface area (Å²) < 4.78 is 10.1. The quantitative estimate of drug-likeness (QED) is 0.770. The molecule has 2 atom stereocenters. The first-order chi connectivity index (χ1) is 8.15. The first kappa shape index (κ1) is 16.7. The van der Waals surface area contributed by atoms with Crippen LogP contribution >= 0.6 is 0 Å². The summed E-state index contributed by atoms with van der Waals surface area (Å²) in [4.78, 5) is 22.5. The Hall–Kier alpha value is -1.26. The van der Waals surface area contributed by atoms with Crippen LogP contribution in [0.1, 0.15) is 48.0 Å². The van der Waals surface area contributed by atoms with Gasteiger partial charge in [-0.25, -0.2) is 4.79 Å². The molecular weight excluding hydrogens is 234 g/mol. The fourth-order valence-corrected chi connectivity index (χ4v) is 1.30. The molecule has 2 unspecified atom stereocenters. The summed E-state index contributed by atoms with van der Waals surface area (Å²) in [6, 6.07) is -0.228. The lowest BCUT2D eigenvalue weighted by atomic mass is 10.0. The molecule has 0 aliphatic rings. The number of hydrogen-bond donors (Lipinski definition) is 1. The van der Waals surface area contributed by atoms with Gasteiger partial charge in [0.25, 0.3) is 0 Å². The molecule has 0 heterocycles. The van der Waals surface area contributed by atoms with E-state index < -0.39 is 11.7 Å². The third kappa shape index (κ3) is 7.92. The lowest BCUT2D eigenvalue weighted by Gasteiger charge is -2.26. The Morgan fingerprint density at radius 2 is 1.83 bits per heavy atom. The van der Waals surface area contributed by atoms with Crippen molar-refractivity contribution in [3.8, 4) is 0 Å². The fraction of sp³-hybridized carbons (Fsp3) is 0.846. The van der Waals surface area contributed by atoms with Crippen molar-refractivity contribution < 1.29 is 19.1 Å². The van der Waals surface area contributed by atoms with Crippen LogP contribution < -0.4 is 5.32 Å². The number of esters is 1. The van der Waals surface area contributed by atoms with Crippen LogP contribution in [-0.2, 0) is 14.3 Å². The highest BCUT2D eigenvalue weighted by atomic mass is 16.6. The second-order valence-electron chi connectivity index (χ2n) is 5.44. The molecule has 18 heavy (non-hydrogen) atoms. The minimum atomic E-state index is -0.536. The number of amides is 1. The molecule has 5 heteroatoms. The molecule has 5 nitrogen and oxygen atoms in total. The third-order valence-electron chi connectivity index (χ3n) is 2.50. The summed E-state index contributed by atoms with van der Waals surface area (Å²) in [5.74, 6) is -0.147. The van der Waals surface area contributed by atoms with E-state index in [2.05, 4.69) is 5.32 Å². The summed E-state index contributed by atoms with van der Waals surface area (Å²) in [6.45, 7) is 10.9. The molecule has 1 N–H and O–H groups in total. The number of alkyl carbamates (subject to hydrolysis) is 1. The number of hydrogen-bond acceptors (Lipinski definition) is 4. The molecule has 0 aromatic rings. The highest BCUT2D eigenvalue weighted by Crippen LogP contribution is 2.11. The van der Waals surface area contributed by atoms with Crippen LogP contribution in [-0.4, -0.2) is 30.3 Å². The van der Waals surface area contributed by atoms with Crippen LogP contribution in [0.5, 0.6) is 0 Å². The molecule has 0 aromatic carbocycles. The summed E-state index contributed by atoms with van der Waals surface area (Å²) in [6.07, 6.45) is 0.391. The largest absolute Gasteiger partial charge is 0.464 e. The molecule has 0 fully saturated rings. The maximum Gasteiger partial charge on any atom is 0.408 e. The van der Waals surface area contributed by atoms with Crippen LogP contribution in [0, 0.1) is 5.92 Å². The lowest BCUT2D eigenvalue weighted by Crippen LogP contribution is -2.45. The Balaban J connectivity index is 4.40. The SMILES string of the molecule is CCC(C)C(COC(C)=O)NC(=O)OC(C)(C)C. The number of rotatable bonds is 5. The Labute approximate surface area is 109 Å². The van der Waals surface area contributed by atoms with Gasteiger partial charge in [0.05, 0.1) is 6.04 Å². The average molecular weight is 259 g/mol. The van der Waals surface area contributed by atoms with E-state index in [0.717, 1.165) is 6.42 Å². The van der Waals surface area contributed by atoms with Crippen LogP contribution in [0.25, 0.3) is 0 Å². The second-order valence-corrected chi connectivity index (χ2v) is 5.44. The van der Waals surface area contributed by atoms with E-state index in [1.807, 2.05) is 13.8 Å². The van der Waals surface area contributed by atoms with Crippen molar-refractivity contribution in [1.82, 2.24) is 5.32 Å². The molecule has 0 radical (unpaired) electrons. The second kappa shape index (κ2) is 7.24. The minimum absolute atomic E-state index is 0.170. The minimum Gasteiger partial charge on any atom is -0.464 e. The third-order valence-corrected chi connectivity index (χ3v) is 2.50. The van der Waals surface area contributed by atoms with Gasteiger partial charge in [-0.3, -0.25) is 4.79 Å². The number of carbonyl (C=O) groups is 2. The molecule has 0 saturated carbocycles. The monoisotopic (exact) mass is 259 g/mol. The van der Waals surface area contributed by atoms with Gasteiger partial charge in [0.15, 0.2) is 0 Å². The molecule has 106 valence electrons. The summed E-state index contributed by atoms with van der Waals surface area (Å²) >= 11 is 0. The standard InChI is InChI=1S/C13H25NO4/c1-7-9(2)11(8-17-10(3)15)14-12(16)18-13(4,5)6/h9,11H,7-8H2,1-6H3,(H,14,16). The van der Waals surface area contributed by atoms with Crippen molar-refractivity contribution in [2.45, 2.75) is 59.6 Å². The molecular formula is C13H25NO4. The number of ether oxygens (including phenoxy) is 2. The van der Waals surface area contributed by atoms with Crippen molar-refractivity contribution in [2.75, 3.05) is 6.61 Å². The average Bonchev–Trinajstić information content (AvgIpc) is 2.20. The van der Waals surface area contributed by atoms with Crippen molar-refractivity contribution in [3.05, 3.63) is 0 Å². The van der Waals surface area contributed by atoms with Gasteiger partial charge in [-0.15, -0.1) is 0 Å². The predicted octanol–water partition coefficient (Wildman–Crippen LogP) is 2.49. The van der Waals surface area contributed by atoms with E-state index in [9.17, 15) is 9.59 Å². The van der Waals surface area contributed by atoms with Crippen molar-refractivity contribution >= 4 is 12.1 Å². The Morgan fingerprint density at radius 1 is 1.28 bits per heavy atom. The summed E-state index contributed by atoms with van der Waals surface area (Å²) in [7, 11) is 0. The van der Waals surface area contributed by atoms with Gasteiger partial charge in [0.2, 0.25) is 0 Å². The van der Waals surface area contributed by atoms with Gasteiger partial charge in [0, 0.05) is 6.92 Å². The summed E-state index contributed by atoms with van der Waals surface area (Å²) in [5.41, 5.74) is -0.536. The molecule has 0 rings (SSSR count). The van der Waals surface area contributed by atoms with E-state index in [-0.39, 0.29) is 24.5 Å². The molecule has 0 aliphatic carbocycles. The molecule has 0 bridgehead atoms. The van der Waals surface area contributed by atoms with Gasteiger partial charge >= 0.3 is 12.1 Å². The van der Waals surface area contributed by atoms with E-state index in [1.165, 1.54) is 6.92 Å². The topological polar surface area (TPSA) is 64.6 Å². The maximum atomic E-state index is 11.7. The van der Waals surface area contributed by atoms with Crippen molar-refractivity contribution in [3.63, 3.8) is 0 Å². The smallest absolute Gasteiger partial charge is 0.408 e.